The molecule has 1 saturated heterocycles. The highest BCUT2D eigenvalue weighted by molar-refractivity contribution is 5.89. The third-order valence-electron chi connectivity index (χ3n) is 4.83. The SMILES string of the molecule is O=C(Nc1ccccc1)N1CCC(c2nn(-c3ccccc3)c(=O)[nH]2)CC1. The van der Waals surface area contributed by atoms with Gasteiger partial charge in [0.05, 0.1) is 5.69 Å². The number of hydrogen-bond donors (Lipinski definition) is 2. The molecule has 1 aliphatic rings. The lowest BCUT2D eigenvalue weighted by Crippen LogP contribution is -2.40. The lowest BCUT2D eigenvalue weighted by molar-refractivity contribution is 0.193. The number of para-hydroxylation sites is 2. The Morgan fingerprint density at radius 1 is 1.00 bits per heavy atom. The van der Waals surface area contributed by atoms with E-state index in [9.17, 15) is 9.59 Å². The smallest absolute Gasteiger partial charge is 0.324 e. The molecule has 0 spiro atoms. The van der Waals surface area contributed by atoms with Crippen LogP contribution in [0.5, 0.6) is 0 Å². The molecule has 2 aromatic carbocycles. The zero-order valence-corrected chi connectivity index (χ0v) is 14.8. The van der Waals surface area contributed by atoms with Crippen molar-refractivity contribution in [3.05, 3.63) is 77.0 Å². The van der Waals surface area contributed by atoms with E-state index in [1.165, 1.54) is 4.68 Å². The third kappa shape index (κ3) is 3.76. The number of amides is 2. The Hall–Kier alpha value is -3.35. The minimum atomic E-state index is -0.236. The highest BCUT2D eigenvalue weighted by atomic mass is 16.2. The van der Waals surface area contributed by atoms with Gasteiger partial charge in [-0.3, -0.25) is 4.98 Å². The number of rotatable bonds is 3. The largest absolute Gasteiger partial charge is 0.348 e. The molecular formula is C20H21N5O2. The van der Waals surface area contributed by atoms with Crippen molar-refractivity contribution in [2.45, 2.75) is 18.8 Å². The first-order valence-electron chi connectivity index (χ1n) is 9.06. The van der Waals surface area contributed by atoms with Crippen molar-refractivity contribution >= 4 is 11.7 Å². The number of hydrogen-bond acceptors (Lipinski definition) is 3. The fraction of sp³-hybridized carbons (Fsp3) is 0.250. The number of carbonyl (C=O) groups is 1. The van der Waals surface area contributed by atoms with Crippen LogP contribution in [0.3, 0.4) is 0 Å². The van der Waals surface area contributed by atoms with Crippen LogP contribution in [0, 0.1) is 0 Å². The van der Waals surface area contributed by atoms with Crippen LogP contribution in [0.1, 0.15) is 24.6 Å². The van der Waals surface area contributed by atoms with E-state index < -0.39 is 0 Å². The van der Waals surface area contributed by atoms with Crippen molar-refractivity contribution < 1.29 is 4.79 Å². The van der Waals surface area contributed by atoms with Gasteiger partial charge in [-0.2, -0.15) is 4.68 Å². The molecule has 1 fully saturated rings. The molecule has 0 bridgehead atoms. The number of urea groups is 1. The Bertz CT molecular complexity index is 957. The van der Waals surface area contributed by atoms with Crippen LogP contribution in [0.4, 0.5) is 10.5 Å². The molecular weight excluding hydrogens is 342 g/mol. The van der Waals surface area contributed by atoms with Crippen LogP contribution in [0.15, 0.2) is 65.5 Å². The molecule has 27 heavy (non-hydrogen) atoms. The van der Waals surface area contributed by atoms with Gasteiger partial charge in [0.25, 0.3) is 0 Å². The molecule has 4 rings (SSSR count). The summed E-state index contributed by atoms with van der Waals surface area (Å²) in [7, 11) is 0. The number of aromatic amines is 1. The summed E-state index contributed by atoms with van der Waals surface area (Å²) in [4.78, 5) is 29.3. The van der Waals surface area contributed by atoms with Crippen molar-refractivity contribution in [3.8, 4) is 5.69 Å². The number of nitrogens with one attached hydrogen (secondary N) is 2. The molecule has 0 aliphatic carbocycles. The Balaban J connectivity index is 1.40. The molecule has 3 aromatic rings. The zero-order chi connectivity index (χ0) is 18.6. The quantitative estimate of drug-likeness (QED) is 0.750. The molecule has 138 valence electrons. The maximum atomic E-state index is 12.4. The Kier molecular flexibility index (Phi) is 4.74. The van der Waals surface area contributed by atoms with Gasteiger partial charge in [0.1, 0.15) is 5.82 Å². The first-order valence-corrected chi connectivity index (χ1v) is 9.06. The molecule has 0 radical (unpaired) electrons. The number of nitrogens with zero attached hydrogens (tertiary/aromatic N) is 3. The van der Waals surface area contributed by atoms with Crippen LogP contribution in [0.2, 0.25) is 0 Å². The predicted octanol–water partition coefficient (Wildman–Crippen LogP) is 2.97. The molecule has 2 N–H and O–H groups in total. The second kappa shape index (κ2) is 7.49. The summed E-state index contributed by atoms with van der Waals surface area (Å²) in [6.45, 7) is 1.26. The molecule has 1 aromatic heterocycles. The van der Waals surface area contributed by atoms with Crippen molar-refractivity contribution in [1.29, 1.82) is 0 Å². The lowest BCUT2D eigenvalue weighted by atomic mass is 9.96. The van der Waals surface area contributed by atoms with Gasteiger partial charge in [-0.05, 0) is 37.1 Å². The van der Waals surface area contributed by atoms with Crippen LogP contribution < -0.4 is 11.0 Å². The number of aromatic nitrogens is 3. The number of piperidine rings is 1. The molecule has 1 aliphatic heterocycles. The average molecular weight is 363 g/mol. The Morgan fingerprint density at radius 2 is 1.63 bits per heavy atom. The zero-order valence-electron chi connectivity index (χ0n) is 14.8. The normalized spacial score (nSPS) is 14.9. The van der Waals surface area contributed by atoms with Gasteiger partial charge >= 0.3 is 11.7 Å². The van der Waals surface area contributed by atoms with Crippen LogP contribution >= 0.6 is 0 Å². The number of carbonyl (C=O) groups excluding carboxylic acids is 1. The number of anilines is 1. The molecule has 7 heteroatoms. The minimum absolute atomic E-state index is 0.0945. The van der Waals surface area contributed by atoms with Crippen LogP contribution in [0.25, 0.3) is 5.69 Å². The molecule has 0 unspecified atom stereocenters. The second-order valence-corrected chi connectivity index (χ2v) is 6.62. The number of likely N-dealkylation sites (tertiary alicyclic amines) is 1. The summed E-state index contributed by atoms with van der Waals surface area (Å²) >= 11 is 0. The van der Waals surface area contributed by atoms with E-state index in [4.69, 9.17) is 0 Å². The summed E-state index contributed by atoms with van der Waals surface area (Å²) in [6.07, 6.45) is 1.54. The first-order chi connectivity index (χ1) is 13.2. The summed E-state index contributed by atoms with van der Waals surface area (Å²) < 4.78 is 1.39. The van der Waals surface area contributed by atoms with E-state index in [-0.39, 0.29) is 17.6 Å². The van der Waals surface area contributed by atoms with E-state index in [0.29, 0.717) is 18.9 Å². The van der Waals surface area contributed by atoms with Crippen molar-refractivity contribution in [3.63, 3.8) is 0 Å². The fourth-order valence-electron chi connectivity index (χ4n) is 3.35. The van der Waals surface area contributed by atoms with Gasteiger partial charge in [0, 0.05) is 24.7 Å². The van der Waals surface area contributed by atoms with E-state index in [0.717, 1.165) is 24.2 Å². The Labute approximate surface area is 156 Å². The van der Waals surface area contributed by atoms with E-state index in [1.807, 2.05) is 60.7 Å². The highest BCUT2D eigenvalue weighted by Crippen LogP contribution is 2.25. The van der Waals surface area contributed by atoms with Gasteiger partial charge in [0.2, 0.25) is 0 Å². The standard InChI is InChI=1S/C20H21N5O2/c26-19(21-16-7-3-1-4-8-16)24-13-11-15(12-14-24)18-22-20(27)25(23-18)17-9-5-2-6-10-17/h1-10,15H,11-14H2,(H,21,26)(H,22,23,27). The molecule has 7 nitrogen and oxygen atoms in total. The van der Waals surface area contributed by atoms with Crippen molar-refractivity contribution in [2.24, 2.45) is 0 Å². The summed E-state index contributed by atoms with van der Waals surface area (Å²) in [5.41, 5.74) is 1.29. The van der Waals surface area contributed by atoms with Crippen molar-refractivity contribution in [1.82, 2.24) is 19.7 Å². The van der Waals surface area contributed by atoms with E-state index >= 15 is 0 Å². The maximum absolute atomic E-state index is 12.4. The fourth-order valence-corrected chi connectivity index (χ4v) is 3.35. The van der Waals surface area contributed by atoms with Crippen LogP contribution in [-0.4, -0.2) is 38.8 Å². The Morgan fingerprint density at radius 3 is 2.30 bits per heavy atom. The van der Waals surface area contributed by atoms with Gasteiger partial charge in [-0.15, -0.1) is 5.10 Å². The van der Waals surface area contributed by atoms with E-state index in [1.54, 1.807) is 4.90 Å². The first kappa shape index (κ1) is 17.1. The van der Waals surface area contributed by atoms with Gasteiger partial charge in [0.15, 0.2) is 0 Å². The second-order valence-electron chi connectivity index (χ2n) is 6.62. The summed E-state index contributed by atoms with van der Waals surface area (Å²) in [6, 6.07) is 18.7. The molecule has 2 heterocycles. The lowest BCUT2D eigenvalue weighted by Gasteiger charge is -2.31. The third-order valence-corrected chi connectivity index (χ3v) is 4.83. The van der Waals surface area contributed by atoms with Crippen LogP contribution in [-0.2, 0) is 0 Å². The monoisotopic (exact) mass is 363 g/mol. The number of benzene rings is 2. The highest BCUT2D eigenvalue weighted by Gasteiger charge is 2.26. The van der Waals surface area contributed by atoms with Gasteiger partial charge in [-0.25, -0.2) is 9.59 Å². The van der Waals surface area contributed by atoms with Gasteiger partial charge in [-0.1, -0.05) is 36.4 Å². The minimum Gasteiger partial charge on any atom is -0.324 e. The molecule has 0 atom stereocenters. The van der Waals surface area contributed by atoms with Gasteiger partial charge < -0.3 is 10.2 Å². The van der Waals surface area contributed by atoms with E-state index in [2.05, 4.69) is 15.4 Å². The summed E-state index contributed by atoms with van der Waals surface area (Å²) in [5, 5.41) is 7.38. The molecule has 0 saturated carbocycles. The summed E-state index contributed by atoms with van der Waals surface area (Å²) in [5.74, 6) is 0.829. The number of H-pyrrole nitrogens is 1. The van der Waals surface area contributed by atoms with Crippen molar-refractivity contribution in [2.75, 3.05) is 18.4 Å². The average Bonchev–Trinajstić information content (AvgIpc) is 3.11. The maximum Gasteiger partial charge on any atom is 0.348 e. The predicted molar refractivity (Wildman–Crippen MR) is 103 cm³/mol. The molecule has 2 amide bonds. The topological polar surface area (TPSA) is 83.0 Å².